The zero-order chi connectivity index (χ0) is 20.6. The molecular weight excluding hydrogens is 360 g/mol. The van der Waals surface area contributed by atoms with Gasteiger partial charge in [-0.2, -0.15) is 5.10 Å². The van der Waals surface area contributed by atoms with E-state index in [1.165, 1.54) is 17.6 Å². The second-order valence-electron chi connectivity index (χ2n) is 10.9. The summed E-state index contributed by atoms with van der Waals surface area (Å²) in [5.74, 6) is 1.88. The van der Waals surface area contributed by atoms with Gasteiger partial charge in [0.1, 0.15) is 0 Å². The number of hydrogen-bond acceptors (Lipinski definition) is 3. The molecule has 4 nitrogen and oxygen atoms in total. The average Bonchev–Trinajstić information content (AvgIpc) is 3.12. The molecule has 3 saturated carbocycles. The summed E-state index contributed by atoms with van der Waals surface area (Å²) in [5.41, 5.74) is 5.12. The highest BCUT2D eigenvalue weighted by atomic mass is 16.3. The van der Waals surface area contributed by atoms with Crippen LogP contribution in [0.3, 0.4) is 0 Å². The van der Waals surface area contributed by atoms with E-state index in [1.54, 1.807) is 0 Å². The summed E-state index contributed by atoms with van der Waals surface area (Å²) in [4.78, 5) is 0. The van der Waals surface area contributed by atoms with Crippen molar-refractivity contribution in [1.82, 2.24) is 9.78 Å². The van der Waals surface area contributed by atoms with Crippen LogP contribution in [0.1, 0.15) is 70.1 Å². The molecule has 0 aliphatic heterocycles. The van der Waals surface area contributed by atoms with Crippen molar-refractivity contribution in [1.29, 1.82) is 0 Å². The molecule has 0 aromatic carbocycles. The Labute approximate surface area is 174 Å². The Morgan fingerprint density at radius 2 is 1.93 bits per heavy atom. The number of rotatable bonds is 1. The lowest BCUT2D eigenvalue weighted by Gasteiger charge is -2.57. The van der Waals surface area contributed by atoms with Gasteiger partial charge in [-0.1, -0.05) is 25.5 Å². The van der Waals surface area contributed by atoms with Crippen LogP contribution in [-0.2, 0) is 7.05 Å². The van der Waals surface area contributed by atoms with Gasteiger partial charge >= 0.3 is 0 Å². The molecule has 0 radical (unpaired) electrons. The lowest BCUT2D eigenvalue weighted by atomic mass is 9.48. The van der Waals surface area contributed by atoms with Gasteiger partial charge in [0, 0.05) is 24.2 Å². The van der Waals surface area contributed by atoms with Crippen molar-refractivity contribution in [3.8, 4) is 0 Å². The van der Waals surface area contributed by atoms with E-state index in [1.807, 2.05) is 18.7 Å². The first-order chi connectivity index (χ1) is 13.7. The van der Waals surface area contributed by atoms with Crippen LogP contribution in [0.15, 0.2) is 23.4 Å². The fourth-order valence-electron chi connectivity index (χ4n) is 7.60. The molecular formula is C25H36N2O2. The van der Waals surface area contributed by atoms with Crippen LogP contribution in [0.4, 0.5) is 0 Å². The fraction of sp³-hybridized carbons (Fsp3) is 0.720. The minimum Gasteiger partial charge on any atom is -0.393 e. The summed E-state index contributed by atoms with van der Waals surface area (Å²) in [5, 5.41) is 26.0. The first-order valence-corrected chi connectivity index (χ1v) is 11.5. The van der Waals surface area contributed by atoms with Crippen molar-refractivity contribution in [2.24, 2.45) is 35.6 Å². The summed E-state index contributed by atoms with van der Waals surface area (Å²) in [6.45, 7) is 6.84. The van der Waals surface area contributed by atoms with Crippen molar-refractivity contribution in [3.63, 3.8) is 0 Å². The van der Waals surface area contributed by atoms with Crippen molar-refractivity contribution in [3.05, 3.63) is 34.7 Å². The molecule has 29 heavy (non-hydrogen) atoms. The maximum atomic E-state index is 11.4. The van der Waals surface area contributed by atoms with E-state index in [0.717, 1.165) is 49.8 Å². The van der Waals surface area contributed by atoms with Gasteiger partial charge in [0.15, 0.2) is 0 Å². The quantitative estimate of drug-likeness (QED) is 0.692. The molecule has 0 amide bonds. The van der Waals surface area contributed by atoms with Crippen LogP contribution in [0.2, 0.25) is 0 Å². The number of aliphatic hydroxyl groups excluding tert-OH is 2. The topological polar surface area (TPSA) is 58.3 Å². The highest BCUT2D eigenvalue weighted by molar-refractivity contribution is 5.57. The fourth-order valence-corrected chi connectivity index (χ4v) is 7.60. The molecule has 4 heteroatoms. The van der Waals surface area contributed by atoms with E-state index in [4.69, 9.17) is 0 Å². The largest absolute Gasteiger partial charge is 0.393 e. The lowest BCUT2D eigenvalue weighted by Crippen LogP contribution is -2.51. The maximum Gasteiger partial charge on any atom is 0.0809 e. The van der Waals surface area contributed by atoms with Crippen LogP contribution in [0.25, 0.3) is 6.08 Å². The number of hydrogen-bond donors (Lipinski definition) is 2. The standard InChI is InChI=1S/C25H36N2O2/c1-15-17(14-27(4)26-15)11-16-12-22-20-6-5-18-13-19(28)7-9-24(18,2)21(20)8-10-25(22,3)23(16)29/h5,11,14,19-23,28-29H,6-10,12-13H2,1-4H3/b16-11+/t19-,20-,21+,22+,23+,24-,25-/m0/s1. The van der Waals surface area contributed by atoms with Gasteiger partial charge in [-0.25, -0.2) is 0 Å². The smallest absolute Gasteiger partial charge is 0.0809 e. The summed E-state index contributed by atoms with van der Waals surface area (Å²) >= 11 is 0. The van der Waals surface area contributed by atoms with E-state index in [2.05, 4.69) is 37.3 Å². The van der Waals surface area contributed by atoms with E-state index < -0.39 is 0 Å². The highest BCUT2D eigenvalue weighted by Crippen LogP contribution is 2.65. The van der Waals surface area contributed by atoms with E-state index >= 15 is 0 Å². The van der Waals surface area contributed by atoms with Gasteiger partial charge in [-0.05, 0) is 86.7 Å². The Balaban J connectivity index is 1.48. The van der Waals surface area contributed by atoms with E-state index in [-0.39, 0.29) is 23.0 Å². The molecule has 158 valence electrons. The Hall–Kier alpha value is -1.39. The molecule has 0 bridgehead atoms. The molecule has 5 rings (SSSR count). The van der Waals surface area contributed by atoms with Crippen molar-refractivity contribution in [2.75, 3.05) is 0 Å². The van der Waals surface area contributed by atoms with E-state index in [0.29, 0.717) is 17.8 Å². The third kappa shape index (κ3) is 2.82. The normalized spacial score (nSPS) is 45.5. The molecule has 0 saturated heterocycles. The zero-order valence-corrected chi connectivity index (χ0v) is 18.4. The number of allylic oxidation sites excluding steroid dienone is 1. The van der Waals surface area contributed by atoms with Crippen LogP contribution >= 0.6 is 0 Å². The van der Waals surface area contributed by atoms with Crippen molar-refractivity contribution in [2.45, 2.75) is 77.9 Å². The van der Waals surface area contributed by atoms with Gasteiger partial charge < -0.3 is 10.2 Å². The predicted molar refractivity (Wildman–Crippen MR) is 115 cm³/mol. The third-order valence-electron chi connectivity index (χ3n) is 9.34. The third-order valence-corrected chi connectivity index (χ3v) is 9.34. The number of fused-ring (bicyclic) bond motifs is 5. The van der Waals surface area contributed by atoms with Gasteiger partial charge in [0.25, 0.3) is 0 Å². The van der Waals surface area contributed by atoms with Crippen LogP contribution in [-0.4, -0.2) is 32.2 Å². The number of nitrogens with zero attached hydrogens (tertiary/aromatic N) is 2. The molecule has 0 spiro atoms. The van der Waals surface area contributed by atoms with Crippen molar-refractivity contribution >= 4 is 6.08 Å². The Kier molecular flexibility index (Phi) is 4.42. The van der Waals surface area contributed by atoms with Gasteiger partial charge in [0.05, 0.1) is 17.9 Å². The molecule has 4 aliphatic carbocycles. The number of aryl methyl sites for hydroxylation is 2. The summed E-state index contributed by atoms with van der Waals surface area (Å²) in [6.07, 6.45) is 13.6. The summed E-state index contributed by atoms with van der Waals surface area (Å²) in [7, 11) is 1.96. The average molecular weight is 397 g/mol. The maximum absolute atomic E-state index is 11.4. The van der Waals surface area contributed by atoms with Gasteiger partial charge in [-0.3, -0.25) is 4.68 Å². The predicted octanol–water partition coefficient (Wildman–Crippen LogP) is 4.41. The number of aromatic nitrogens is 2. The second kappa shape index (κ2) is 6.55. The Morgan fingerprint density at radius 1 is 1.14 bits per heavy atom. The monoisotopic (exact) mass is 396 g/mol. The lowest BCUT2D eigenvalue weighted by molar-refractivity contribution is -0.0685. The minimum atomic E-state index is -0.348. The van der Waals surface area contributed by atoms with E-state index in [9.17, 15) is 10.2 Å². The van der Waals surface area contributed by atoms with Crippen LogP contribution < -0.4 is 0 Å². The molecule has 4 aliphatic rings. The molecule has 2 N–H and O–H groups in total. The highest BCUT2D eigenvalue weighted by Gasteiger charge is 2.59. The molecule has 1 aromatic heterocycles. The Bertz CT molecular complexity index is 883. The SMILES string of the molecule is Cc1nn(C)cc1/C=C1\C[C@@H]2[C@H]3CC=C4C[C@@H](O)CC[C@]4(C)[C@@H]3CC[C@]2(C)[C@@H]1O. The molecule has 1 heterocycles. The molecule has 7 atom stereocenters. The Morgan fingerprint density at radius 3 is 2.66 bits per heavy atom. The minimum absolute atomic E-state index is 0.0149. The van der Waals surface area contributed by atoms with Crippen molar-refractivity contribution < 1.29 is 10.2 Å². The first-order valence-electron chi connectivity index (χ1n) is 11.5. The van der Waals surface area contributed by atoms with Crippen LogP contribution in [0.5, 0.6) is 0 Å². The van der Waals surface area contributed by atoms with Gasteiger partial charge in [-0.15, -0.1) is 0 Å². The summed E-state index contributed by atoms with van der Waals surface area (Å²) in [6, 6.07) is 0. The molecule has 0 unspecified atom stereocenters. The number of aliphatic hydroxyl groups is 2. The zero-order valence-electron chi connectivity index (χ0n) is 18.4. The summed E-state index contributed by atoms with van der Waals surface area (Å²) < 4.78 is 1.86. The molecule has 1 aromatic rings. The van der Waals surface area contributed by atoms with Gasteiger partial charge in [0.2, 0.25) is 0 Å². The first kappa shape index (κ1) is 19.6. The van der Waals surface area contributed by atoms with Crippen LogP contribution in [0, 0.1) is 35.5 Å². The second-order valence-corrected chi connectivity index (χ2v) is 10.9. The molecule has 3 fully saturated rings.